The largest absolute Gasteiger partial charge is 0.273 e. The summed E-state index contributed by atoms with van der Waals surface area (Å²) in [4.78, 5) is 0.222. The van der Waals surface area contributed by atoms with Gasteiger partial charge in [-0.2, -0.15) is 9.40 Å². The number of aryl methyl sites for hydroxylation is 1. The summed E-state index contributed by atoms with van der Waals surface area (Å²) in [6.07, 6.45) is 1.83. The van der Waals surface area contributed by atoms with Crippen LogP contribution in [0, 0.1) is 0 Å². The number of halogens is 1. The second-order valence-electron chi connectivity index (χ2n) is 4.38. The van der Waals surface area contributed by atoms with Crippen molar-refractivity contribution in [3.63, 3.8) is 0 Å². The van der Waals surface area contributed by atoms with Crippen molar-refractivity contribution < 1.29 is 8.42 Å². The molecule has 0 saturated heterocycles. The Morgan fingerprint density at radius 1 is 1.25 bits per heavy atom. The summed E-state index contributed by atoms with van der Waals surface area (Å²) in [5.41, 5.74) is 0.715. The number of rotatable bonds is 5. The van der Waals surface area contributed by atoms with Gasteiger partial charge in [0.15, 0.2) is 0 Å². The topological polar surface area (TPSA) is 55.2 Å². The molecule has 0 unspecified atom stereocenters. The van der Waals surface area contributed by atoms with Crippen LogP contribution in [0.15, 0.2) is 41.4 Å². The molecule has 0 N–H and O–H groups in total. The fraction of sp³-hybridized carbons (Fsp3) is 0.308. The predicted molar refractivity (Wildman–Crippen MR) is 78.0 cm³/mol. The summed E-state index contributed by atoms with van der Waals surface area (Å²) in [6, 6.07) is 7.94. The molecule has 1 aromatic carbocycles. The lowest BCUT2D eigenvalue weighted by Gasteiger charge is -2.16. The molecule has 2 aromatic rings. The van der Waals surface area contributed by atoms with Crippen LogP contribution in [0.1, 0.15) is 12.6 Å². The van der Waals surface area contributed by atoms with Crippen LogP contribution in [-0.4, -0.2) is 29.6 Å². The molecule has 2 rings (SSSR count). The van der Waals surface area contributed by atoms with Crippen LogP contribution >= 0.6 is 11.6 Å². The lowest BCUT2D eigenvalue weighted by atomic mass is 10.4. The molecule has 0 spiro atoms. The maximum atomic E-state index is 12.4. The molecule has 0 saturated carbocycles. The van der Waals surface area contributed by atoms with E-state index in [0.717, 1.165) is 6.54 Å². The Morgan fingerprint density at radius 3 is 2.45 bits per heavy atom. The molecular formula is C13H16ClN3O2S. The Labute approximate surface area is 123 Å². The van der Waals surface area contributed by atoms with Crippen LogP contribution in [0.4, 0.5) is 0 Å². The molecule has 7 heteroatoms. The molecule has 20 heavy (non-hydrogen) atoms. The van der Waals surface area contributed by atoms with Crippen molar-refractivity contribution in [2.75, 3.05) is 7.05 Å². The minimum absolute atomic E-state index is 0.222. The summed E-state index contributed by atoms with van der Waals surface area (Å²) in [7, 11) is -1.99. The van der Waals surface area contributed by atoms with Gasteiger partial charge >= 0.3 is 0 Å². The van der Waals surface area contributed by atoms with Crippen LogP contribution in [-0.2, 0) is 23.1 Å². The summed E-state index contributed by atoms with van der Waals surface area (Å²) in [5.74, 6) is 0. The molecule has 0 bridgehead atoms. The molecule has 0 aliphatic carbocycles. The first-order chi connectivity index (χ1) is 9.43. The maximum Gasteiger partial charge on any atom is 0.243 e. The van der Waals surface area contributed by atoms with E-state index in [1.165, 1.54) is 23.5 Å². The highest BCUT2D eigenvalue weighted by molar-refractivity contribution is 7.89. The first kappa shape index (κ1) is 15.0. The highest BCUT2D eigenvalue weighted by Crippen LogP contribution is 2.18. The average Bonchev–Trinajstić information content (AvgIpc) is 2.87. The van der Waals surface area contributed by atoms with Crippen molar-refractivity contribution in [3.8, 4) is 0 Å². The van der Waals surface area contributed by atoms with Gasteiger partial charge in [-0.15, -0.1) is 0 Å². The van der Waals surface area contributed by atoms with E-state index >= 15 is 0 Å². The first-order valence-electron chi connectivity index (χ1n) is 6.17. The van der Waals surface area contributed by atoms with E-state index < -0.39 is 10.0 Å². The molecule has 0 fully saturated rings. The molecule has 0 atom stereocenters. The van der Waals surface area contributed by atoms with E-state index in [0.29, 0.717) is 10.7 Å². The minimum Gasteiger partial charge on any atom is -0.273 e. The number of nitrogens with zero attached hydrogens (tertiary/aromatic N) is 3. The van der Waals surface area contributed by atoms with Crippen LogP contribution in [0.3, 0.4) is 0 Å². The van der Waals surface area contributed by atoms with Gasteiger partial charge in [0.25, 0.3) is 0 Å². The summed E-state index contributed by atoms with van der Waals surface area (Å²) < 4.78 is 27.8. The minimum atomic E-state index is -3.53. The second-order valence-corrected chi connectivity index (χ2v) is 6.86. The van der Waals surface area contributed by atoms with E-state index in [1.807, 2.05) is 19.2 Å². The fourth-order valence-electron chi connectivity index (χ4n) is 1.76. The van der Waals surface area contributed by atoms with Gasteiger partial charge in [0.1, 0.15) is 0 Å². The van der Waals surface area contributed by atoms with Crippen molar-refractivity contribution in [3.05, 3.63) is 47.2 Å². The molecule has 0 radical (unpaired) electrons. The first-order valence-corrected chi connectivity index (χ1v) is 7.99. The standard InChI is InChI=1S/C13H16ClN3O2S/c1-3-17-9-8-12(15-17)10-16(2)20(18,19)13-6-4-11(14)5-7-13/h4-9H,3,10H2,1-2H3. The van der Waals surface area contributed by atoms with Gasteiger partial charge in [0, 0.05) is 24.8 Å². The zero-order valence-corrected chi connectivity index (χ0v) is 12.9. The number of hydrogen-bond acceptors (Lipinski definition) is 3. The van der Waals surface area contributed by atoms with Crippen LogP contribution < -0.4 is 0 Å². The number of sulfonamides is 1. The molecule has 108 valence electrons. The van der Waals surface area contributed by atoms with Gasteiger partial charge in [-0.3, -0.25) is 4.68 Å². The number of hydrogen-bond donors (Lipinski definition) is 0. The summed E-state index contributed by atoms with van der Waals surface area (Å²) >= 11 is 5.77. The monoisotopic (exact) mass is 313 g/mol. The van der Waals surface area contributed by atoms with E-state index in [4.69, 9.17) is 11.6 Å². The predicted octanol–water partition coefficient (Wildman–Crippen LogP) is 2.38. The number of benzene rings is 1. The van der Waals surface area contributed by atoms with Gasteiger partial charge in [-0.1, -0.05) is 11.6 Å². The van der Waals surface area contributed by atoms with Crippen LogP contribution in [0.5, 0.6) is 0 Å². The third-order valence-electron chi connectivity index (χ3n) is 2.93. The summed E-state index contributed by atoms with van der Waals surface area (Å²) in [6.45, 7) is 2.97. The van der Waals surface area contributed by atoms with E-state index in [9.17, 15) is 8.42 Å². The fourth-order valence-corrected chi connectivity index (χ4v) is 3.03. The zero-order valence-electron chi connectivity index (χ0n) is 11.3. The highest BCUT2D eigenvalue weighted by Gasteiger charge is 2.21. The second kappa shape index (κ2) is 5.95. The molecule has 5 nitrogen and oxygen atoms in total. The Hall–Kier alpha value is -1.37. The Bertz CT molecular complexity index is 680. The molecule has 0 aliphatic heterocycles. The van der Waals surface area contributed by atoms with E-state index in [2.05, 4.69) is 5.10 Å². The zero-order chi connectivity index (χ0) is 14.8. The third kappa shape index (κ3) is 3.20. The SMILES string of the molecule is CCn1ccc(CN(C)S(=O)(=O)c2ccc(Cl)cc2)n1. The van der Waals surface area contributed by atoms with Gasteiger partial charge in [-0.05, 0) is 37.3 Å². The van der Waals surface area contributed by atoms with Crippen molar-refractivity contribution in [1.82, 2.24) is 14.1 Å². The Morgan fingerprint density at radius 2 is 1.90 bits per heavy atom. The smallest absolute Gasteiger partial charge is 0.243 e. The summed E-state index contributed by atoms with van der Waals surface area (Å²) in [5, 5.41) is 4.79. The average molecular weight is 314 g/mol. The third-order valence-corrected chi connectivity index (χ3v) is 5.00. The molecular weight excluding hydrogens is 298 g/mol. The van der Waals surface area contributed by atoms with Crippen molar-refractivity contribution in [1.29, 1.82) is 0 Å². The van der Waals surface area contributed by atoms with E-state index in [1.54, 1.807) is 16.8 Å². The van der Waals surface area contributed by atoms with Gasteiger partial charge < -0.3 is 0 Å². The quantitative estimate of drug-likeness (QED) is 0.851. The van der Waals surface area contributed by atoms with Crippen molar-refractivity contribution in [2.24, 2.45) is 0 Å². The molecule has 0 amide bonds. The maximum absolute atomic E-state index is 12.4. The Kier molecular flexibility index (Phi) is 4.47. The van der Waals surface area contributed by atoms with Gasteiger partial charge in [0.2, 0.25) is 10.0 Å². The van der Waals surface area contributed by atoms with E-state index in [-0.39, 0.29) is 11.4 Å². The molecule has 0 aliphatic rings. The number of aromatic nitrogens is 2. The lowest BCUT2D eigenvalue weighted by Crippen LogP contribution is -2.26. The van der Waals surface area contributed by atoms with Crippen molar-refractivity contribution in [2.45, 2.75) is 24.9 Å². The lowest BCUT2D eigenvalue weighted by molar-refractivity contribution is 0.458. The van der Waals surface area contributed by atoms with Crippen LogP contribution in [0.2, 0.25) is 5.02 Å². The molecule has 1 aromatic heterocycles. The van der Waals surface area contributed by atoms with Gasteiger partial charge in [0.05, 0.1) is 17.1 Å². The molecule has 1 heterocycles. The van der Waals surface area contributed by atoms with Crippen molar-refractivity contribution >= 4 is 21.6 Å². The van der Waals surface area contributed by atoms with Gasteiger partial charge in [-0.25, -0.2) is 8.42 Å². The highest BCUT2D eigenvalue weighted by atomic mass is 35.5. The Balaban J connectivity index is 2.18. The van der Waals surface area contributed by atoms with Crippen LogP contribution in [0.25, 0.3) is 0 Å². The normalized spacial score (nSPS) is 12.0.